The zero-order chi connectivity index (χ0) is 17.3. The normalized spacial score (nSPS) is 12.1. The second-order valence-corrected chi connectivity index (χ2v) is 5.33. The highest BCUT2D eigenvalue weighted by molar-refractivity contribution is 5.58. The Hall–Kier alpha value is -3.30. The molecule has 124 valence electrons. The van der Waals surface area contributed by atoms with E-state index in [0.29, 0.717) is 17.3 Å². The standard InChI is InChI=1S/C14H15N7O3/c1-8-4-11(21(22)23)13(15-5-8)18-12(10-6-16-20(3)7-10)14-17-9(2)24-19-14/h4-7,12H,1-3H3,(H,15,18)/t12-/m0/s1. The molecule has 0 fully saturated rings. The Morgan fingerprint density at radius 3 is 2.75 bits per heavy atom. The average Bonchev–Trinajstić information content (AvgIpc) is 3.14. The minimum atomic E-state index is -0.579. The molecule has 0 saturated heterocycles. The van der Waals surface area contributed by atoms with Gasteiger partial charge in [0, 0.05) is 38.0 Å². The number of hydrogen-bond donors (Lipinski definition) is 1. The zero-order valence-electron chi connectivity index (χ0n) is 13.3. The summed E-state index contributed by atoms with van der Waals surface area (Å²) in [6, 6.07) is 0.877. The fourth-order valence-corrected chi connectivity index (χ4v) is 2.26. The second kappa shape index (κ2) is 6.07. The van der Waals surface area contributed by atoms with Crippen LogP contribution >= 0.6 is 0 Å². The number of aryl methyl sites for hydroxylation is 3. The van der Waals surface area contributed by atoms with Gasteiger partial charge in [-0.3, -0.25) is 14.8 Å². The van der Waals surface area contributed by atoms with Crippen LogP contribution in [-0.2, 0) is 7.05 Å². The molecule has 3 rings (SSSR count). The van der Waals surface area contributed by atoms with Crippen LogP contribution in [0.4, 0.5) is 11.5 Å². The predicted octanol–water partition coefficient (Wildman–Crippen LogP) is 1.92. The Bertz CT molecular complexity index is 846. The predicted molar refractivity (Wildman–Crippen MR) is 83.3 cm³/mol. The Morgan fingerprint density at radius 2 is 2.17 bits per heavy atom. The van der Waals surface area contributed by atoms with Crippen LogP contribution in [0, 0.1) is 24.0 Å². The molecule has 1 atom stereocenters. The van der Waals surface area contributed by atoms with E-state index in [1.807, 2.05) is 0 Å². The number of aromatic nitrogens is 5. The first-order valence-corrected chi connectivity index (χ1v) is 7.10. The molecule has 0 aliphatic rings. The van der Waals surface area contributed by atoms with Crippen molar-refractivity contribution in [2.75, 3.05) is 5.32 Å². The maximum atomic E-state index is 11.3. The van der Waals surface area contributed by atoms with E-state index in [1.54, 1.807) is 44.2 Å². The van der Waals surface area contributed by atoms with E-state index < -0.39 is 11.0 Å². The highest BCUT2D eigenvalue weighted by atomic mass is 16.6. The van der Waals surface area contributed by atoms with E-state index in [0.717, 1.165) is 5.56 Å². The van der Waals surface area contributed by atoms with E-state index in [4.69, 9.17) is 4.52 Å². The molecule has 24 heavy (non-hydrogen) atoms. The van der Waals surface area contributed by atoms with Crippen LogP contribution in [0.25, 0.3) is 0 Å². The molecule has 0 aliphatic heterocycles. The number of rotatable bonds is 5. The Labute approximate surface area is 136 Å². The van der Waals surface area contributed by atoms with Gasteiger partial charge in [0.1, 0.15) is 6.04 Å². The highest BCUT2D eigenvalue weighted by Crippen LogP contribution is 2.29. The van der Waals surface area contributed by atoms with Crippen molar-refractivity contribution in [1.82, 2.24) is 24.9 Å². The molecule has 10 heteroatoms. The number of pyridine rings is 1. The van der Waals surface area contributed by atoms with Gasteiger partial charge in [-0.1, -0.05) is 5.16 Å². The molecule has 0 unspecified atom stereocenters. The van der Waals surface area contributed by atoms with Crippen molar-refractivity contribution in [3.8, 4) is 0 Å². The van der Waals surface area contributed by atoms with Gasteiger partial charge in [0.25, 0.3) is 0 Å². The summed E-state index contributed by atoms with van der Waals surface area (Å²) in [5, 5.41) is 22.3. The summed E-state index contributed by atoms with van der Waals surface area (Å²) < 4.78 is 6.64. The van der Waals surface area contributed by atoms with Gasteiger partial charge in [-0.05, 0) is 12.5 Å². The largest absolute Gasteiger partial charge is 0.350 e. The van der Waals surface area contributed by atoms with Crippen molar-refractivity contribution in [3.63, 3.8) is 0 Å². The summed E-state index contributed by atoms with van der Waals surface area (Å²) in [6.45, 7) is 3.41. The van der Waals surface area contributed by atoms with Crippen molar-refractivity contribution >= 4 is 11.5 Å². The van der Waals surface area contributed by atoms with E-state index >= 15 is 0 Å². The monoisotopic (exact) mass is 329 g/mol. The number of hydrogen-bond acceptors (Lipinski definition) is 8. The van der Waals surface area contributed by atoms with Crippen molar-refractivity contribution in [3.05, 3.63) is 57.6 Å². The lowest BCUT2D eigenvalue weighted by Gasteiger charge is -2.14. The quantitative estimate of drug-likeness (QED) is 0.556. The number of nitrogens with zero attached hydrogens (tertiary/aromatic N) is 6. The van der Waals surface area contributed by atoms with Crippen LogP contribution in [0.2, 0.25) is 0 Å². The van der Waals surface area contributed by atoms with E-state index in [1.165, 1.54) is 6.07 Å². The molecule has 3 aromatic heterocycles. The first-order valence-electron chi connectivity index (χ1n) is 7.10. The molecular formula is C14H15N7O3. The van der Waals surface area contributed by atoms with Crippen molar-refractivity contribution < 1.29 is 9.45 Å². The van der Waals surface area contributed by atoms with Crippen LogP contribution in [0.15, 0.2) is 29.2 Å². The Balaban J connectivity index is 2.03. The second-order valence-electron chi connectivity index (χ2n) is 5.33. The van der Waals surface area contributed by atoms with Crippen LogP contribution < -0.4 is 5.32 Å². The third kappa shape index (κ3) is 3.07. The minimum Gasteiger partial charge on any atom is -0.350 e. The Kier molecular flexibility index (Phi) is 3.94. The van der Waals surface area contributed by atoms with Gasteiger partial charge in [-0.25, -0.2) is 4.98 Å². The first-order chi connectivity index (χ1) is 11.4. The molecule has 3 heterocycles. The average molecular weight is 329 g/mol. The fraction of sp³-hybridized carbons (Fsp3) is 0.286. The molecule has 0 saturated carbocycles. The first kappa shape index (κ1) is 15.6. The summed E-state index contributed by atoms with van der Waals surface area (Å²) >= 11 is 0. The number of anilines is 1. The van der Waals surface area contributed by atoms with Gasteiger partial charge in [-0.15, -0.1) is 0 Å². The summed E-state index contributed by atoms with van der Waals surface area (Å²) in [7, 11) is 1.77. The topological polar surface area (TPSA) is 125 Å². The van der Waals surface area contributed by atoms with Crippen molar-refractivity contribution in [2.24, 2.45) is 7.05 Å². The van der Waals surface area contributed by atoms with Gasteiger partial charge in [0.15, 0.2) is 5.82 Å². The van der Waals surface area contributed by atoms with Gasteiger partial charge in [-0.2, -0.15) is 10.1 Å². The van der Waals surface area contributed by atoms with Gasteiger partial charge in [0.05, 0.1) is 11.1 Å². The third-order valence-electron chi connectivity index (χ3n) is 3.34. The lowest BCUT2D eigenvalue weighted by Crippen LogP contribution is -2.15. The van der Waals surface area contributed by atoms with Crippen LogP contribution in [0.1, 0.15) is 28.9 Å². The molecule has 3 aromatic rings. The SMILES string of the molecule is Cc1cnc(N[C@@H](c2cnn(C)c2)c2noc(C)n2)c([N+](=O)[O-])c1. The molecule has 0 spiro atoms. The van der Waals surface area contributed by atoms with Crippen molar-refractivity contribution in [1.29, 1.82) is 0 Å². The third-order valence-corrected chi connectivity index (χ3v) is 3.34. The molecule has 0 aliphatic carbocycles. The molecule has 1 N–H and O–H groups in total. The highest BCUT2D eigenvalue weighted by Gasteiger charge is 2.25. The summed E-state index contributed by atoms with van der Waals surface area (Å²) in [4.78, 5) is 19.2. The molecule has 10 nitrogen and oxygen atoms in total. The maximum Gasteiger partial charge on any atom is 0.311 e. The summed E-state index contributed by atoms with van der Waals surface area (Å²) in [5.74, 6) is 0.867. The van der Waals surface area contributed by atoms with Gasteiger partial charge >= 0.3 is 5.69 Å². The smallest absolute Gasteiger partial charge is 0.311 e. The molecule has 0 radical (unpaired) electrons. The molecule has 0 amide bonds. The van der Waals surface area contributed by atoms with Gasteiger partial charge in [0.2, 0.25) is 11.7 Å². The summed E-state index contributed by atoms with van der Waals surface area (Å²) in [6.07, 6.45) is 4.95. The Morgan fingerprint density at radius 1 is 1.38 bits per heavy atom. The maximum absolute atomic E-state index is 11.3. The number of nitro groups is 1. The molecular weight excluding hydrogens is 314 g/mol. The lowest BCUT2D eigenvalue weighted by atomic mass is 10.1. The molecule has 0 aromatic carbocycles. The van der Waals surface area contributed by atoms with Crippen LogP contribution in [0.3, 0.4) is 0 Å². The van der Waals surface area contributed by atoms with Crippen LogP contribution in [0.5, 0.6) is 0 Å². The minimum absolute atomic E-state index is 0.121. The van der Waals surface area contributed by atoms with Crippen LogP contribution in [-0.4, -0.2) is 29.8 Å². The molecule has 0 bridgehead atoms. The van der Waals surface area contributed by atoms with E-state index in [2.05, 4.69) is 25.5 Å². The lowest BCUT2D eigenvalue weighted by molar-refractivity contribution is -0.384. The van der Waals surface area contributed by atoms with E-state index in [-0.39, 0.29) is 11.5 Å². The van der Waals surface area contributed by atoms with Crippen molar-refractivity contribution in [2.45, 2.75) is 19.9 Å². The number of nitrogens with one attached hydrogen (secondary N) is 1. The van der Waals surface area contributed by atoms with Gasteiger partial charge < -0.3 is 9.84 Å². The summed E-state index contributed by atoms with van der Waals surface area (Å²) in [5.41, 5.74) is 1.31. The van der Waals surface area contributed by atoms with E-state index in [9.17, 15) is 10.1 Å². The fourth-order valence-electron chi connectivity index (χ4n) is 2.26. The zero-order valence-corrected chi connectivity index (χ0v) is 13.3.